The second-order valence-electron chi connectivity index (χ2n) is 3.58. The van der Waals surface area contributed by atoms with Crippen LogP contribution in [0.2, 0.25) is 0 Å². The molecule has 2 atom stereocenters. The quantitative estimate of drug-likeness (QED) is 0.542. The molecule has 0 aromatic heterocycles. The van der Waals surface area contributed by atoms with Crippen LogP contribution in [0.25, 0.3) is 0 Å². The van der Waals surface area contributed by atoms with Crippen LogP contribution < -0.4 is 5.32 Å². The molecule has 1 amide bonds. The molecule has 0 spiro atoms. The number of rotatable bonds is 7. The highest BCUT2D eigenvalue weighted by molar-refractivity contribution is 5.83. The van der Waals surface area contributed by atoms with E-state index in [4.69, 9.17) is 10.2 Å². The van der Waals surface area contributed by atoms with Gasteiger partial charge in [0.25, 0.3) is 0 Å². The number of carbonyl (C=O) groups excluding carboxylic acids is 1. The van der Waals surface area contributed by atoms with Crippen molar-refractivity contribution in [3.8, 4) is 0 Å². The van der Waals surface area contributed by atoms with Crippen molar-refractivity contribution in [2.45, 2.75) is 51.7 Å². The molecule has 0 radical (unpaired) electrons. The van der Waals surface area contributed by atoms with Crippen molar-refractivity contribution in [3.63, 3.8) is 0 Å². The molecule has 0 aliphatic carbocycles. The summed E-state index contributed by atoms with van der Waals surface area (Å²) < 4.78 is 0. The van der Waals surface area contributed by atoms with Gasteiger partial charge in [0.2, 0.25) is 5.91 Å². The Morgan fingerprint density at radius 2 is 1.93 bits per heavy atom. The summed E-state index contributed by atoms with van der Waals surface area (Å²) in [5.74, 6) is -1.54. The first kappa shape index (κ1) is 13.9. The van der Waals surface area contributed by atoms with Gasteiger partial charge in [0, 0.05) is 6.42 Å². The van der Waals surface area contributed by atoms with Crippen molar-refractivity contribution >= 4 is 11.9 Å². The van der Waals surface area contributed by atoms with Gasteiger partial charge in [-0.2, -0.15) is 0 Å². The zero-order valence-electron chi connectivity index (χ0n) is 9.19. The number of unbranched alkanes of at least 4 members (excludes halogenated alkanes) is 2. The van der Waals surface area contributed by atoms with Crippen molar-refractivity contribution in [1.29, 1.82) is 0 Å². The molecule has 15 heavy (non-hydrogen) atoms. The van der Waals surface area contributed by atoms with Gasteiger partial charge in [-0.1, -0.05) is 19.8 Å². The molecule has 88 valence electrons. The third-order valence-corrected chi connectivity index (χ3v) is 2.07. The van der Waals surface area contributed by atoms with Gasteiger partial charge in [0.1, 0.15) is 0 Å². The molecule has 5 nitrogen and oxygen atoms in total. The Hall–Kier alpha value is -1.10. The average Bonchev–Trinajstić information content (AvgIpc) is 2.13. The topological polar surface area (TPSA) is 86.6 Å². The van der Waals surface area contributed by atoms with E-state index >= 15 is 0 Å². The van der Waals surface area contributed by atoms with Gasteiger partial charge >= 0.3 is 5.97 Å². The van der Waals surface area contributed by atoms with Gasteiger partial charge < -0.3 is 15.5 Å². The number of carbonyl (C=O) groups is 2. The minimum Gasteiger partial charge on any atom is -0.480 e. The molecule has 5 heteroatoms. The molecule has 0 saturated carbocycles. The van der Waals surface area contributed by atoms with E-state index in [-0.39, 0.29) is 5.91 Å². The van der Waals surface area contributed by atoms with Crippen molar-refractivity contribution < 1.29 is 19.8 Å². The Morgan fingerprint density at radius 3 is 2.33 bits per heavy atom. The van der Waals surface area contributed by atoms with Crippen LogP contribution in [-0.4, -0.2) is 34.2 Å². The summed E-state index contributed by atoms with van der Waals surface area (Å²) in [4.78, 5) is 21.9. The highest BCUT2D eigenvalue weighted by Gasteiger charge is 2.24. The van der Waals surface area contributed by atoms with Crippen LogP contribution in [0.4, 0.5) is 0 Å². The third kappa shape index (κ3) is 6.06. The number of aliphatic hydroxyl groups excluding tert-OH is 1. The number of carboxylic acid groups (broad SMARTS) is 1. The summed E-state index contributed by atoms with van der Waals surface area (Å²) in [5, 5.41) is 20.1. The summed E-state index contributed by atoms with van der Waals surface area (Å²) in [6, 6.07) is -1.21. The molecule has 0 aromatic carbocycles. The number of hydrogen-bond donors (Lipinski definition) is 3. The van der Waals surface area contributed by atoms with Gasteiger partial charge in [-0.25, -0.2) is 4.79 Å². The fraction of sp³-hybridized carbons (Fsp3) is 0.800. The van der Waals surface area contributed by atoms with E-state index in [1.807, 2.05) is 6.92 Å². The van der Waals surface area contributed by atoms with Crippen LogP contribution in [0.15, 0.2) is 0 Å². The number of hydrogen-bond acceptors (Lipinski definition) is 3. The minimum atomic E-state index is -1.21. The maximum Gasteiger partial charge on any atom is 0.328 e. The van der Waals surface area contributed by atoms with Crippen LogP contribution in [0, 0.1) is 0 Å². The minimum absolute atomic E-state index is 0.310. The largest absolute Gasteiger partial charge is 0.480 e. The lowest BCUT2D eigenvalue weighted by molar-refractivity contribution is -0.144. The van der Waals surface area contributed by atoms with E-state index in [1.54, 1.807) is 0 Å². The second kappa shape index (κ2) is 7.23. The van der Waals surface area contributed by atoms with Gasteiger partial charge in [-0.3, -0.25) is 4.79 Å². The van der Waals surface area contributed by atoms with Crippen LogP contribution in [0.3, 0.4) is 0 Å². The number of nitrogens with one attached hydrogen (secondary N) is 1. The van der Waals surface area contributed by atoms with Gasteiger partial charge in [-0.15, -0.1) is 0 Å². The monoisotopic (exact) mass is 217 g/mol. The van der Waals surface area contributed by atoms with Crippen LogP contribution in [-0.2, 0) is 9.59 Å². The number of amides is 1. The summed E-state index contributed by atoms with van der Waals surface area (Å²) >= 11 is 0. The lowest BCUT2D eigenvalue weighted by Crippen LogP contribution is -2.47. The average molecular weight is 217 g/mol. The first-order valence-electron chi connectivity index (χ1n) is 5.19. The fourth-order valence-electron chi connectivity index (χ4n) is 1.17. The van der Waals surface area contributed by atoms with E-state index in [0.29, 0.717) is 6.42 Å². The Labute approximate surface area is 89.5 Å². The summed E-state index contributed by atoms with van der Waals surface area (Å²) in [6.45, 7) is 3.36. The highest BCUT2D eigenvalue weighted by Crippen LogP contribution is 2.00. The molecule has 0 heterocycles. The summed E-state index contributed by atoms with van der Waals surface area (Å²) in [7, 11) is 0. The van der Waals surface area contributed by atoms with E-state index in [1.165, 1.54) is 6.92 Å². The molecule has 3 N–H and O–H groups in total. The smallest absolute Gasteiger partial charge is 0.328 e. The van der Waals surface area contributed by atoms with E-state index in [2.05, 4.69) is 5.32 Å². The molecule has 2 unspecified atom stereocenters. The van der Waals surface area contributed by atoms with Crippen molar-refractivity contribution in [2.24, 2.45) is 0 Å². The number of aliphatic hydroxyl groups is 1. The zero-order valence-corrected chi connectivity index (χ0v) is 9.19. The molecular weight excluding hydrogens is 198 g/mol. The molecule has 0 aromatic rings. The molecule has 0 saturated heterocycles. The van der Waals surface area contributed by atoms with Gasteiger partial charge in [0.05, 0.1) is 6.10 Å². The second-order valence-corrected chi connectivity index (χ2v) is 3.58. The predicted molar refractivity (Wildman–Crippen MR) is 55.4 cm³/mol. The first-order chi connectivity index (χ1) is 6.99. The number of aliphatic carboxylic acids is 1. The SMILES string of the molecule is CCCCCC(=O)NC(C(=O)O)C(C)O. The fourth-order valence-corrected chi connectivity index (χ4v) is 1.17. The molecule has 0 rings (SSSR count). The first-order valence-corrected chi connectivity index (χ1v) is 5.19. The van der Waals surface area contributed by atoms with E-state index in [0.717, 1.165) is 19.3 Å². The number of carboxylic acids is 1. The van der Waals surface area contributed by atoms with E-state index in [9.17, 15) is 9.59 Å². The third-order valence-electron chi connectivity index (χ3n) is 2.07. The molecule has 0 aliphatic rings. The normalized spacial score (nSPS) is 14.3. The molecule has 0 bridgehead atoms. The van der Waals surface area contributed by atoms with Crippen molar-refractivity contribution in [2.75, 3.05) is 0 Å². The maximum absolute atomic E-state index is 11.3. The Bertz CT molecular complexity index is 215. The van der Waals surface area contributed by atoms with Gasteiger partial charge in [0.15, 0.2) is 6.04 Å². The maximum atomic E-state index is 11.3. The lowest BCUT2D eigenvalue weighted by Gasteiger charge is -2.16. The van der Waals surface area contributed by atoms with Crippen LogP contribution >= 0.6 is 0 Å². The molecule has 0 fully saturated rings. The summed E-state index contributed by atoms with van der Waals surface area (Å²) in [6.07, 6.45) is 1.92. The summed E-state index contributed by atoms with van der Waals surface area (Å²) in [5.41, 5.74) is 0. The molecule has 0 aliphatic heterocycles. The lowest BCUT2D eigenvalue weighted by atomic mass is 10.1. The van der Waals surface area contributed by atoms with Crippen LogP contribution in [0.5, 0.6) is 0 Å². The van der Waals surface area contributed by atoms with E-state index < -0.39 is 18.1 Å². The Morgan fingerprint density at radius 1 is 1.33 bits per heavy atom. The zero-order chi connectivity index (χ0) is 11.8. The standard InChI is InChI=1S/C10H19NO4/c1-3-4-5-6-8(13)11-9(7(2)12)10(14)15/h7,9,12H,3-6H2,1-2H3,(H,11,13)(H,14,15). The van der Waals surface area contributed by atoms with Crippen LogP contribution in [0.1, 0.15) is 39.5 Å². The molecular formula is C10H19NO4. The van der Waals surface area contributed by atoms with Gasteiger partial charge in [-0.05, 0) is 13.3 Å². The highest BCUT2D eigenvalue weighted by atomic mass is 16.4. The van der Waals surface area contributed by atoms with Crippen molar-refractivity contribution in [3.05, 3.63) is 0 Å². The Kier molecular flexibility index (Phi) is 6.70. The Balaban J connectivity index is 3.95. The predicted octanol–water partition coefficient (Wildman–Crippen LogP) is 0.517. The van der Waals surface area contributed by atoms with Crippen molar-refractivity contribution in [1.82, 2.24) is 5.32 Å².